The van der Waals surface area contributed by atoms with E-state index in [0.717, 1.165) is 22.6 Å². The van der Waals surface area contributed by atoms with Crippen LogP contribution in [0.3, 0.4) is 0 Å². The summed E-state index contributed by atoms with van der Waals surface area (Å²) >= 11 is 0. The number of hydrogen-bond donors (Lipinski definition) is 0. The number of esters is 1. The van der Waals surface area contributed by atoms with Crippen molar-refractivity contribution in [3.8, 4) is 17.6 Å². The summed E-state index contributed by atoms with van der Waals surface area (Å²) < 4.78 is 5.03. The maximum Gasteiger partial charge on any atom is 0.335 e. The lowest BCUT2D eigenvalue weighted by Gasteiger charge is -2.01. The van der Waals surface area contributed by atoms with E-state index in [9.17, 15) is 4.79 Å². The normalized spacial score (nSPS) is 9.74. The fourth-order valence-corrected chi connectivity index (χ4v) is 2.24. The first-order valence-corrected chi connectivity index (χ1v) is 7.20. The third-order valence-corrected chi connectivity index (χ3v) is 3.37. The third kappa shape index (κ3) is 3.48. The van der Waals surface area contributed by atoms with Crippen LogP contribution in [0.5, 0.6) is 5.75 Å². The second-order valence-corrected chi connectivity index (χ2v) is 4.93. The second-order valence-electron chi connectivity index (χ2n) is 4.93. The van der Waals surface area contributed by atoms with Crippen LogP contribution in [0.4, 0.5) is 0 Å². The Kier molecular flexibility index (Phi) is 4.22. The maximum atomic E-state index is 11.1. The van der Waals surface area contributed by atoms with E-state index in [4.69, 9.17) is 4.74 Å². The van der Waals surface area contributed by atoms with Gasteiger partial charge in [0.15, 0.2) is 0 Å². The fourth-order valence-electron chi connectivity index (χ4n) is 2.24. The van der Waals surface area contributed by atoms with Crippen molar-refractivity contribution >= 4 is 16.7 Å². The molecular formula is C21H14O2. The van der Waals surface area contributed by atoms with Gasteiger partial charge in [0.2, 0.25) is 0 Å². The van der Waals surface area contributed by atoms with Crippen molar-refractivity contribution in [1.29, 1.82) is 0 Å². The molecule has 0 spiro atoms. The van der Waals surface area contributed by atoms with Crippen molar-refractivity contribution in [3.63, 3.8) is 0 Å². The molecule has 0 aromatic heterocycles. The number of hydrogen-bond acceptors (Lipinski definition) is 2. The molecule has 0 aliphatic heterocycles. The summed E-state index contributed by atoms with van der Waals surface area (Å²) in [6.07, 6.45) is 1.13. The summed E-state index contributed by atoms with van der Waals surface area (Å²) in [6, 6.07) is 21.3. The Morgan fingerprint density at radius 2 is 1.65 bits per heavy atom. The van der Waals surface area contributed by atoms with Crippen LogP contribution in [-0.4, -0.2) is 5.97 Å². The first-order valence-electron chi connectivity index (χ1n) is 7.20. The number of carbonyl (C=O) groups is 1. The Morgan fingerprint density at radius 1 is 0.913 bits per heavy atom. The number of ether oxygens (including phenoxy) is 1. The van der Waals surface area contributed by atoms with E-state index >= 15 is 0 Å². The highest BCUT2D eigenvalue weighted by Gasteiger charge is 1.99. The van der Waals surface area contributed by atoms with Crippen molar-refractivity contribution in [2.24, 2.45) is 0 Å². The van der Waals surface area contributed by atoms with Gasteiger partial charge in [-0.3, -0.25) is 0 Å². The second kappa shape index (κ2) is 6.64. The van der Waals surface area contributed by atoms with Crippen LogP contribution < -0.4 is 4.74 Å². The quantitative estimate of drug-likeness (QED) is 0.305. The van der Waals surface area contributed by atoms with Gasteiger partial charge in [0.25, 0.3) is 0 Å². The largest absolute Gasteiger partial charge is 0.423 e. The van der Waals surface area contributed by atoms with E-state index < -0.39 is 5.97 Å². The Morgan fingerprint density at radius 3 is 2.43 bits per heavy atom. The van der Waals surface area contributed by atoms with Crippen LogP contribution in [-0.2, 0) is 4.79 Å². The topological polar surface area (TPSA) is 26.3 Å². The van der Waals surface area contributed by atoms with E-state index in [-0.39, 0.29) is 0 Å². The minimum atomic E-state index is -0.473. The Hall–Kier alpha value is -3.31. The van der Waals surface area contributed by atoms with Crippen LogP contribution in [0.15, 0.2) is 79.4 Å². The minimum Gasteiger partial charge on any atom is -0.423 e. The molecule has 2 heteroatoms. The lowest BCUT2D eigenvalue weighted by Crippen LogP contribution is -2.02. The zero-order valence-corrected chi connectivity index (χ0v) is 12.5. The summed E-state index contributed by atoms with van der Waals surface area (Å²) in [5, 5.41) is 2.31. The Bertz CT molecular complexity index is 920. The van der Waals surface area contributed by atoms with Gasteiger partial charge in [0, 0.05) is 17.2 Å². The average molecular weight is 298 g/mol. The standard InChI is InChI=1S/C21H14O2/c1-2-21(22)23-19-14-11-16(12-15-19)10-13-18-8-5-7-17-6-3-4-9-20(17)18/h2-9,11-12,14-15H,1H2. The molecule has 0 bridgehead atoms. The molecule has 0 N–H and O–H groups in total. The highest BCUT2D eigenvalue weighted by molar-refractivity contribution is 5.88. The average Bonchev–Trinajstić information content (AvgIpc) is 2.61. The van der Waals surface area contributed by atoms with Gasteiger partial charge in [-0.2, -0.15) is 0 Å². The van der Waals surface area contributed by atoms with E-state index in [1.807, 2.05) is 36.4 Å². The molecule has 3 aromatic carbocycles. The van der Waals surface area contributed by atoms with Crippen molar-refractivity contribution < 1.29 is 9.53 Å². The third-order valence-electron chi connectivity index (χ3n) is 3.37. The fraction of sp³-hybridized carbons (Fsp3) is 0. The summed E-state index contributed by atoms with van der Waals surface area (Å²) in [5.74, 6) is 6.34. The van der Waals surface area contributed by atoms with Crippen molar-refractivity contribution in [2.45, 2.75) is 0 Å². The van der Waals surface area contributed by atoms with Gasteiger partial charge in [-0.1, -0.05) is 54.8 Å². The lowest BCUT2D eigenvalue weighted by atomic mass is 10.0. The predicted molar refractivity (Wildman–Crippen MR) is 92.2 cm³/mol. The van der Waals surface area contributed by atoms with Crippen LogP contribution in [0.2, 0.25) is 0 Å². The molecule has 3 rings (SSSR count). The molecule has 0 heterocycles. The molecule has 0 fully saturated rings. The zero-order valence-electron chi connectivity index (χ0n) is 12.5. The number of rotatable bonds is 2. The van der Waals surface area contributed by atoms with E-state index in [1.165, 1.54) is 5.39 Å². The van der Waals surface area contributed by atoms with Gasteiger partial charge >= 0.3 is 5.97 Å². The van der Waals surface area contributed by atoms with Crippen LogP contribution in [0.1, 0.15) is 11.1 Å². The number of benzene rings is 3. The van der Waals surface area contributed by atoms with Crippen molar-refractivity contribution in [1.82, 2.24) is 0 Å². The van der Waals surface area contributed by atoms with Gasteiger partial charge in [-0.25, -0.2) is 4.79 Å². The van der Waals surface area contributed by atoms with E-state index in [1.54, 1.807) is 12.1 Å². The highest BCUT2D eigenvalue weighted by Crippen LogP contribution is 2.18. The SMILES string of the molecule is C=CC(=O)Oc1ccc(C#Cc2cccc3ccccc23)cc1. The van der Waals surface area contributed by atoms with Gasteiger partial charge < -0.3 is 4.74 Å². The molecule has 0 aliphatic rings. The van der Waals surface area contributed by atoms with Gasteiger partial charge in [0.05, 0.1) is 0 Å². The van der Waals surface area contributed by atoms with Gasteiger partial charge in [-0.15, -0.1) is 0 Å². The molecule has 0 radical (unpaired) electrons. The summed E-state index contributed by atoms with van der Waals surface area (Å²) in [7, 11) is 0. The molecular weight excluding hydrogens is 284 g/mol. The van der Waals surface area contributed by atoms with Crippen LogP contribution >= 0.6 is 0 Å². The van der Waals surface area contributed by atoms with Gasteiger partial charge in [0.1, 0.15) is 5.75 Å². The summed E-state index contributed by atoms with van der Waals surface area (Å²) in [5.41, 5.74) is 1.85. The van der Waals surface area contributed by atoms with Gasteiger partial charge in [-0.05, 0) is 41.1 Å². The number of carbonyl (C=O) groups excluding carboxylic acids is 1. The Labute approximate surface area is 135 Å². The molecule has 0 atom stereocenters. The van der Waals surface area contributed by atoms with E-state index in [2.05, 4.69) is 36.6 Å². The summed E-state index contributed by atoms with van der Waals surface area (Å²) in [6.45, 7) is 3.37. The molecule has 0 aliphatic carbocycles. The minimum absolute atomic E-state index is 0.473. The summed E-state index contributed by atoms with van der Waals surface area (Å²) in [4.78, 5) is 11.1. The molecule has 3 aromatic rings. The molecule has 110 valence electrons. The predicted octanol–water partition coefficient (Wildman–Crippen LogP) is 4.33. The van der Waals surface area contributed by atoms with E-state index in [0.29, 0.717) is 5.75 Å². The molecule has 0 saturated carbocycles. The molecule has 0 amide bonds. The van der Waals surface area contributed by atoms with Crippen LogP contribution in [0.25, 0.3) is 10.8 Å². The van der Waals surface area contributed by atoms with Crippen molar-refractivity contribution in [2.75, 3.05) is 0 Å². The zero-order chi connectivity index (χ0) is 16.1. The van der Waals surface area contributed by atoms with Crippen LogP contribution in [0, 0.1) is 11.8 Å². The maximum absolute atomic E-state index is 11.1. The molecule has 0 unspecified atom stereocenters. The first-order chi connectivity index (χ1) is 11.3. The molecule has 2 nitrogen and oxygen atoms in total. The number of fused-ring (bicyclic) bond motifs is 1. The molecule has 23 heavy (non-hydrogen) atoms. The lowest BCUT2D eigenvalue weighted by molar-refractivity contribution is -0.128. The van der Waals surface area contributed by atoms with Crippen molar-refractivity contribution in [3.05, 3.63) is 90.5 Å². The Balaban J connectivity index is 1.86. The molecule has 0 saturated heterocycles. The first kappa shape index (κ1) is 14.6. The smallest absolute Gasteiger partial charge is 0.335 e. The highest BCUT2D eigenvalue weighted by atomic mass is 16.5. The monoisotopic (exact) mass is 298 g/mol.